The van der Waals surface area contributed by atoms with Crippen molar-refractivity contribution in [2.75, 3.05) is 20.2 Å². The van der Waals surface area contributed by atoms with E-state index in [2.05, 4.69) is 0 Å². The lowest BCUT2D eigenvalue weighted by molar-refractivity contribution is 0.0672. The molecule has 1 aromatic carbocycles. The molecule has 1 atom stereocenters. The fourth-order valence-electron chi connectivity index (χ4n) is 3.98. The second-order valence-corrected chi connectivity index (χ2v) is 7.49. The van der Waals surface area contributed by atoms with Crippen LogP contribution in [0.3, 0.4) is 0 Å². The normalized spacial score (nSPS) is 16.7. The maximum absolute atomic E-state index is 12.6. The number of amides is 1. The first-order valence-corrected chi connectivity index (χ1v) is 10.0. The summed E-state index contributed by atoms with van der Waals surface area (Å²) in [7, 11) is 1.66. The van der Waals surface area contributed by atoms with Crippen molar-refractivity contribution in [3.63, 3.8) is 0 Å². The number of ether oxygens (including phenoxy) is 1. The summed E-state index contributed by atoms with van der Waals surface area (Å²) in [5.74, 6) is 2.00. The molecule has 0 aliphatic carbocycles. The predicted octanol–water partition coefficient (Wildman–Crippen LogP) is 4.02. The summed E-state index contributed by atoms with van der Waals surface area (Å²) in [5, 5.41) is 4.73. The molecule has 0 saturated carbocycles. The fraction of sp³-hybridized carbons (Fsp3) is 0.261. The van der Waals surface area contributed by atoms with Crippen molar-refractivity contribution in [1.29, 1.82) is 0 Å². The number of nitrogens with zero attached hydrogens (tertiary/aromatic N) is 4. The molecule has 0 spiro atoms. The number of pyridine rings is 1. The van der Waals surface area contributed by atoms with E-state index in [0.29, 0.717) is 12.3 Å². The van der Waals surface area contributed by atoms with Crippen molar-refractivity contribution in [3.05, 3.63) is 72.6 Å². The SMILES string of the molecule is COc1cccc(-c2ccc3nc(C4CCCN(C(=O)c5ccco5)C4)nn3c2)c1. The van der Waals surface area contributed by atoms with E-state index in [0.717, 1.165) is 47.7 Å². The minimum absolute atomic E-state index is 0.0752. The Labute approximate surface area is 173 Å². The van der Waals surface area contributed by atoms with E-state index in [9.17, 15) is 4.79 Å². The Balaban J connectivity index is 1.40. The number of hydrogen-bond acceptors (Lipinski definition) is 5. The van der Waals surface area contributed by atoms with Crippen LogP contribution in [-0.2, 0) is 0 Å². The third kappa shape index (κ3) is 3.43. The number of rotatable bonds is 4. The zero-order chi connectivity index (χ0) is 20.5. The average molecular weight is 402 g/mol. The van der Waals surface area contributed by atoms with Gasteiger partial charge in [0.2, 0.25) is 0 Å². The monoisotopic (exact) mass is 402 g/mol. The number of carbonyl (C=O) groups is 1. The summed E-state index contributed by atoms with van der Waals surface area (Å²) in [6.45, 7) is 1.32. The Morgan fingerprint density at radius 3 is 2.93 bits per heavy atom. The summed E-state index contributed by atoms with van der Waals surface area (Å²) in [4.78, 5) is 19.2. The maximum Gasteiger partial charge on any atom is 0.289 e. The highest BCUT2D eigenvalue weighted by molar-refractivity contribution is 5.91. The van der Waals surface area contributed by atoms with Crippen molar-refractivity contribution in [3.8, 4) is 16.9 Å². The van der Waals surface area contributed by atoms with Gasteiger partial charge in [0.25, 0.3) is 5.91 Å². The highest BCUT2D eigenvalue weighted by Crippen LogP contribution is 2.28. The van der Waals surface area contributed by atoms with Crippen molar-refractivity contribution >= 4 is 11.6 Å². The van der Waals surface area contributed by atoms with Crippen LogP contribution in [0, 0.1) is 0 Å². The topological polar surface area (TPSA) is 72.9 Å². The van der Waals surface area contributed by atoms with Crippen LogP contribution in [0.2, 0.25) is 0 Å². The number of furan rings is 1. The van der Waals surface area contributed by atoms with E-state index in [-0.39, 0.29) is 11.8 Å². The Hall–Kier alpha value is -3.61. The van der Waals surface area contributed by atoms with Crippen molar-refractivity contribution in [2.45, 2.75) is 18.8 Å². The van der Waals surface area contributed by atoms with Crippen molar-refractivity contribution in [1.82, 2.24) is 19.5 Å². The number of carbonyl (C=O) groups excluding carboxylic acids is 1. The minimum atomic E-state index is -0.0752. The van der Waals surface area contributed by atoms with Gasteiger partial charge in [-0.05, 0) is 54.8 Å². The molecule has 1 aliphatic heterocycles. The number of piperidine rings is 1. The lowest BCUT2D eigenvalue weighted by Gasteiger charge is -2.30. The summed E-state index contributed by atoms with van der Waals surface area (Å²) in [6.07, 6.45) is 5.39. The second kappa shape index (κ2) is 7.67. The maximum atomic E-state index is 12.6. The molecular weight excluding hydrogens is 380 g/mol. The van der Waals surface area contributed by atoms with Crippen LogP contribution in [0.25, 0.3) is 16.8 Å². The van der Waals surface area contributed by atoms with Crippen LogP contribution in [0.15, 0.2) is 65.4 Å². The van der Waals surface area contributed by atoms with Crippen molar-refractivity contribution < 1.29 is 13.9 Å². The standard InChI is InChI=1S/C23H22N4O3/c1-29-19-7-2-5-16(13-19)17-9-10-21-24-22(25-27(21)15-17)18-6-3-11-26(14-18)23(28)20-8-4-12-30-20/h2,4-5,7-10,12-13,15,18H,3,6,11,14H2,1H3. The van der Waals surface area contributed by atoms with Gasteiger partial charge < -0.3 is 14.1 Å². The second-order valence-electron chi connectivity index (χ2n) is 7.49. The molecule has 1 fully saturated rings. The molecule has 1 saturated heterocycles. The van der Waals surface area contributed by atoms with Gasteiger partial charge in [-0.15, -0.1) is 0 Å². The molecule has 1 unspecified atom stereocenters. The molecule has 0 N–H and O–H groups in total. The Bertz CT molecular complexity index is 1180. The number of methoxy groups -OCH3 is 1. The van der Waals surface area contributed by atoms with Gasteiger partial charge in [0.1, 0.15) is 5.75 Å². The van der Waals surface area contributed by atoms with Gasteiger partial charge in [-0.1, -0.05) is 12.1 Å². The molecule has 0 bridgehead atoms. The Morgan fingerprint density at radius 1 is 1.17 bits per heavy atom. The molecule has 4 heterocycles. The molecule has 30 heavy (non-hydrogen) atoms. The van der Waals surface area contributed by atoms with Crippen molar-refractivity contribution in [2.24, 2.45) is 0 Å². The largest absolute Gasteiger partial charge is 0.497 e. The summed E-state index contributed by atoms with van der Waals surface area (Å²) in [6, 6.07) is 15.4. The summed E-state index contributed by atoms with van der Waals surface area (Å²) < 4.78 is 12.4. The van der Waals surface area contributed by atoms with E-state index in [1.807, 2.05) is 52.0 Å². The van der Waals surface area contributed by atoms with Gasteiger partial charge in [0, 0.05) is 30.8 Å². The van der Waals surface area contributed by atoms with Gasteiger partial charge in [0.05, 0.1) is 13.4 Å². The number of fused-ring (bicyclic) bond motifs is 1. The van der Waals surface area contributed by atoms with Crippen LogP contribution in [0.4, 0.5) is 0 Å². The van der Waals surface area contributed by atoms with E-state index >= 15 is 0 Å². The fourth-order valence-corrected chi connectivity index (χ4v) is 3.98. The molecule has 7 nitrogen and oxygen atoms in total. The quantitative estimate of drug-likeness (QED) is 0.516. The third-order valence-corrected chi connectivity index (χ3v) is 5.56. The molecule has 5 rings (SSSR count). The number of benzene rings is 1. The Morgan fingerprint density at radius 2 is 2.10 bits per heavy atom. The lowest BCUT2D eigenvalue weighted by atomic mass is 9.97. The summed E-state index contributed by atoms with van der Waals surface area (Å²) >= 11 is 0. The van der Waals surface area contributed by atoms with E-state index in [1.165, 1.54) is 6.26 Å². The number of likely N-dealkylation sites (tertiary alicyclic amines) is 1. The van der Waals surface area contributed by atoms with Gasteiger partial charge in [0.15, 0.2) is 17.2 Å². The van der Waals surface area contributed by atoms with E-state index in [1.54, 1.807) is 19.2 Å². The van der Waals surface area contributed by atoms with E-state index < -0.39 is 0 Å². The smallest absolute Gasteiger partial charge is 0.289 e. The van der Waals surface area contributed by atoms with Crippen LogP contribution in [0.1, 0.15) is 35.1 Å². The average Bonchev–Trinajstić information content (AvgIpc) is 3.48. The zero-order valence-corrected chi connectivity index (χ0v) is 16.7. The first-order chi connectivity index (χ1) is 14.7. The molecule has 1 amide bonds. The molecular formula is C23H22N4O3. The molecule has 0 radical (unpaired) electrons. The molecule has 4 aromatic rings. The first-order valence-electron chi connectivity index (χ1n) is 10.0. The van der Waals surface area contributed by atoms with Crippen LogP contribution in [0.5, 0.6) is 5.75 Å². The Kier molecular flexibility index (Phi) is 4.71. The lowest BCUT2D eigenvalue weighted by Crippen LogP contribution is -2.39. The molecule has 152 valence electrons. The van der Waals surface area contributed by atoms with Crippen LogP contribution >= 0.6 is 0 Å². The van der Waals surface area contributed by atoms with Gasteiger partial charge in [-0.3, -0.25) is 4.79 Å². The third-order valence-electron chi connectivity index (χ3n) is 5.56. The van der Waals surface area contributed by atoms with Gasteiger partial charge >= 0.3 is 0 Å². The predicted molar refractivity (Wildman–Crippen MR) is 112 cm³/mol. The number of aromatic nitrogens is 3. The van der Waals surface area contributed by atoms with Gasteiger partial charge in [-0.2, -0.15) is 5.10 Å². The molecule has 3 aromatic heterocycles. The molecule has 7 heteroatoms. The highest BCUT2D eigenvalue weighted by atomic mass is 16.5. The number of hydrogen-bond donors (Lipinski definition) is 0. The van der Waals surface area contributed by atoms with Crippen LogP contribution in [-0.4, -0.2) is 45.6 Å². The summed E-state index contributed by atoms with van der Waals surface area (Å²) in [5.41, 5.74) is 2.89. The van der Waals surface area contributed by atoms with Gasteiger partial charge in [-0.25, -0.2) is 9.50 Å². The minimum Gasteiger partial charge on any atom is -0.497 e. The zero-order valence-electron chi connectivity index (χ0n) is 16.7. The van der Waals surface area contributed by atoms with E-state index in [4.69, 9.17) is 19.2 Å². The highest BCUT2D eigenvalue weighted by Gasteiger charge is 2.29. The first kappa shape index (κ1) is 18.4. The van der Waals surface area contributed by atoms with Crippen LogP contribution < -0.4 is 4.74 Å². The molecule has 1 aliphatic rings.